The molecule has 9 nitrogen and oxygen atoms in total. The van der Waals surface area contributed by atoms with E-state index in [-0.39, 0.29) is 25.3 Å². The maximum atomic E-state index is 14.8. The van der Waals surface area contributed by atoms with Crippen molar-refractivity contribution in [2.45, 2.75) is 4.21 Å². The second kappa shape index (κ2) is 8.81. The van der Waals surface area contributed by atoms with E-state index in [0.717, 1.165) is 22.0 Å². The molecule has 4 rings (SSSR count). The van der Waals surface area contributed by atoms with Gasteiger partial charge in [-0.25, -0.2) is 27.3 Å². The van der Waals surface area contributed by atoms with Gasteiger partial charge in [-0.2, -0.15) is 0 Å². The zero-order valence-electron chi connectivity index (χ0n) is 16.7. The third-order valence-electron chi connectivity index (χ3n) is 4.47. The summed E-state index contributed by atoms with van der Waals surface area (Å²) in [6.07, 6.45) is 1.19. The molecule has 0 bridgehead atoms. The molecule has 0 aliphatic carbocycles. The van der Waals surface area contributed by atoms with Gasteiger partial charge >= 0.3 is 6.03 Å². The lowest BCUT2D eigenvalue weighted by Gasteiger charge is -2.11. The first kappa shape index (κ1) is 22.7. The Hall–Kier alpha value is -3.48. The van der Waals surface area contributed by atoms with Crippen molar-refractivity contribution >= 4 is 55.6 Å². The first-order valence-corrected chi connectivity index (χ1v) is 11.8. The lowest BCUT2D eigenvalue weighted by atomic mass is 10.2. The Bertz CT molecular complexity index is 1550. The molecule has 0 spiro atoms. The van der Waals surface area contributed by atoms with Crippen LogP contribution in [-0.2, 0) is 10.0 Å². The van der Waals surface area contributed by atoms with Crippen molar-refractivity contribution in [3.63, 3.8) is 0 Å². The number of hydrogen-bond donors (Lipinski definition) is 2. The molecule has 0 aliphatic rings. The van der Waals surface area contributed by atoms with E-state index < -0.39 is 27.4 Å². The van der Waals surface area contributed by atoms with Crippen LogP contribution in [0.25, 0.3) is 16.6 Å². The normalized spacial score (nSPS) is 11.4. The number of carbonyl (C=O) groups is 1. The standard InChI is InChI=1S/C20H14ClFN4O5S2/c1-31-12-3-4-15-13(9-12)19(27)26(10-23-15)16-5-2-11(8-14(16)22)24-20(28)25-33(29,30)18-7-6-17(21)32-18/h2-10H,1H3,(H2,24,25,28). The van der Waals surface area contributed by atoms with E-state index in [9.17, 15) is 22.4 Å². The summed E-state index contributed by atoms with van der Waals surface area (Å²) >= 11 is 6.50. The Morgan fingerprint density at radius 1 is 1.18 bits per heavy atom. The van der Waals surface area contributed by atoms with Crippen molar-refractivity contribution in [2.75, 3.05) is 12.4 Å². The smallest absolute Gasteiger partial charge is 0.333 e. The predicted octanol–water partition coefficient (Wildman–Crippen LogP) is 3.76. The summed E-state index contributed by atoms with van der Waals surface area (Å²) in [4.78, 5) is 29.1. The summed E-state index contributed by atoms with van der Waals surface area (Å²) in [7, 11) is -2.68. The highest BCUT2D eigenvalue weighted by atomic mass is 35.5. The van der Waals surface area contributed by atoms with Crippen LogP contribution in [0.15, 0.2) is 63.9 Å². The largest absolute Gasteiger partial charge is 0.497 e. The highest BCUT2D eigenvalue weighted by Crippen LogP contribution is 2.25. The van der Waals surface area contributed by atoms with Gasteiger partial charge < -0.3 is 10.1 Å². The monoisotopic (exact) mass is 508 g/mol. The first-order chi connectivity index (χ1) is 15.7. The average Bonchev–Trinajstić information content (AvgIpc) is 3.21. The number of halogens is 2. The number of nitrogens with one attached hydrogen (secondary N) is 2. The van der Waals surface area contributed by atoms with Crippen molar-refractivity contribution in [1.82, 2.24) is 14.3 Å². The molecule has 33 heavy (non-hydrogen) atoms. The minimum absolute atomic E-state index is 0.0309. The third-order valence-corrected chi connectivity index (χ3v) is 7.52. The molecule has 170 valence electrons. The number of carbonyl (C=O) groups excluding carboxylic acids is 1. The highest BCUT2D eigenvalue weighted by Gasteiger charge is 2.20. The zero-order chi connectivity index (χ0) is 23.8. The van der Waals surface area contributed by atoms with Crippen LogP contribution in [0.2, 0.25) is 4.34 Å². The second-order valence-electron chi connectivity index (χ2n) is 6.59. The number of rotatable bonds is 5. The Morgan fingerprint density at radius 3 is 2.64 bits per heavy atom. The lowest BCUT2D eigenvalue weighted by Crippen LogP contribution is -2.34. The number of urea groups is 1. The molecular weight excluding hydrogens is 495 g/mol. The lowest BCUT2D eigenvalue weighted by molar-refractivity contribution is 0.256. The molecule has 0 saturated heterocycles. The van der Waals surface area contributed by atoms with E-state index in [1.54, 1.807) is 12.1 Å². The molecule has 2 amide bonds. The van der Waals surface area contributed by atoms with Gasteiger partial charge in [0.05, 0.1) is 28.0 Å². The van der Waals surface area contributed by atoms with Gasteiger partial charge in [-0.15, -0.1) is 11.3 Å². The van der Waals surface area contributed by atoms with Crippen molar-refractivity contribution in [2.24, 2.45) is 0 Å². The first-order valence-electron chi connectivity index (χ1n) is 9.12. The van der Waals surface area contributed by atoms with Crippen molar-refractivity contribution in [3.05, 3.63) is 75.4 Å². The molecule has 2 aromatic heterocycles. The summed E-state index contributed by atoms with van der Waals surface area (Å²) in [6, 6.07) is 9.82. The van der Waals surface area contributed by atoms with Gasteiger partial charge in [-0.3, -0.25) is 9.36 Å². The van der Waals surface area contributed by atoms with Crippen molar-refractivity contribution in [1.29, 1.82) is 0 Å². The summed E-state index contributed by atoms with van der Waals surface area (Å²) in [5.74, 6) is -0.392. The molecule has 13 heteroatoms. The molecule has 4 aromatic rings. The Balaban J connectivity index is 1.58. The van der Waals surface area contributed by atoms with Crippen LogP contribution in [0, 0.1) is 5.82 Å². The Kier molecular flexibility index (Phi) is 6.06. The van der Waals surface area contributed by atoms with Crippen LogP contribution in [0.1, 0.15) is 0 Å². The zero-order valence-corrected chi connectivity index (χ0v) is 19.1. The molecule has 0 atom stereocenters. The number of hydrogen-bond acceptors (Lipinski definition) is 7. The van der Waals surface area contributed by atoms with Crippen LogP contribution >= 0.6 is 22.9 Å². The van der Waals surface area contributed by atoms with Gasteiger partial charge in [0.25, 0.3) is 15.6 Å². The SMILES string of the molecule is COc1ccc2ncn(-c3ccc(NC(=O)NS(=O)(=O)c4ccc(Cl)s4)cc3F)c(=O)c2c1. The number of thiophene rings is 1. The minimum Gasteiger partial charge on any atom is -0.497 e. The molecule has 2 heterocycles. The van der Waals surface area contributed by atoms with Crippen LogP contribution in [0.5, 0.6) is 5.75 Å². The Labute approximate surface area is 195 Å². The maximum Gasteiger partial charge on any atom is 0.333 e. The van der Waals surface area contributed by atoms with E-state index in [4.69, 9.17) is 16.3 Å². The van der Waals surface area contributed by atoms with Crippen molar-refractivity contribution in [3.8, 4) is 11.4 Å². The summed E-state index contributed by atoms with van der Waals surface area (Å²) in [5, 5.41) is 2.47. The molecule has 2 N–H and O–H groups in total. The van der Waals surface area contributed by atoms with E-state index >= 15 is 0 Å². The molecule has 0 saturated carbocycles. The second-order valence-corrected chi connectivity index (χ2v) is 10.2. The summed E-state index contributed by atoms with van der Waals surface area (Å²) in [6.45, 7) is 0. The number of aromatic nitrogens is 2. The third kappa shape index (κ3) is 4.67. The van der Waals surface area contributed by atoms with Gasteiger partial charge in [-0.1, -0.05) is 11.6 Å². The predicted molar refractivity (Wildman–Crippen MR) is 123 cm³/mol. The molecule has 0 fully saturated rings. The van der Waals surface area contributed by atoms with Gasteiger partial charge in [0.2, 0.25) is 0 Å². The van der Waals surface area contributed by atoms with Gasteiger partial charge in [0.15, 0.2) is 0 Å². The van der Waals surface area contributed by atoms with Crippen molar-refractivity contribution < 1.29 is 22.3 Å². The van der Waals surface area contributed by atoms with Gasteiger partial charge in [0.1, 0.15) is 22.1 Å². The molecule has 0 aliphatic heterocycles. The van der Waals surface area contributed by atoms with Gasteiger partial charge in [0, 0.05) is 5.69 Å². The van der Waals surface area contributed by atoms with Crippen LogP contribution in [0.3, 0.4) is 0 Å². The number of methoxy groups -OCH3 is 1. The van der Waals surface area contributed by atoms with E-state index in [2.05, 4.69) is 10.3 Å². The number of benzene rings is 2. The maximum absolute atomic E-state index is 14.8. The van der Waals surface area contributed by atoms with E-state index in [0.29, 0.717) is 11.3 Å². The number of nitrogens with zero attached hydrogens (tertiary/aromatic N) is 2. The van der Waals surface area contributed by atoms with Crippen LogP contribution in [-0.4, -0.2) is 31.1 Å². The summed E-state index contributed by atoms with van der Waals surface area (Å²) < 4.78 is 47.2. The average molecular weight is 509 g/mol. The number of ether oxygens (including phenoxy) is 1. The topological polar surface area (TPSA) is 119 Å². The molecule has 0 radical (unpaired) electrons. The van der Waals surface area contributed by atoms with Crippen LogP contribution in [0.4, 0.5) is 14.9 Å². The number of amides is 2. The molecule has 2 aromatic carbocycles. The molecule has 0 unspecified atom stereocenters. The highest BCUT2D eigenvalue weighted by molar-refractivity contribution is 7.92. The fourth-order valence-electron chi connectivity index (χ4n) is 2.95. The van der Waals surface area contributed by atoms with E-state index in [1.807, 2.05) is 4.72 Å². The minimum atomic E-state index is -4.14. The fraction of sp³-hybridized carbons (Fsp3) is 0.0500. The quantitative estimate of drug-likeness (QED) is 0.423. The van der Waals surface area contributed by atoms with Crippen LogP contribution < -0.4 is 20.3 Å². The summed E-state index contributed by atoms with van der Waals surface area (Å²) in [5.41, 5.74) is -0.238. The number of fused-ring (bicyclic) bond motifs is 1. The fourth-order valence-corrected chi connectivity index (χ4v) is 5.34. The number of anilines is 1. The van der Waals surface area contributed by atoms with Gasteiger partial charge in [-0.05, 0) is 48.5 Å². The Morgan fingerprint density at radius 2 is 1.97 bits per heavy atom. The number of sulfonamides is 1. The van der Waals surface area contributed by atoms with E-state index in [1.165, 1.54) is 43.8 Å². The molecular formula is C20H14ClFN4O5S2.